The molecule has 0 heterocycles. The Bertz CT molecular complexity index is 2130. The van der Waals surface area contributed by atoms with E-state index in [1.165, 1.54) is 26.3 Å². The van der Waals surface area contributed by atoms with E-state index in [2.05, 4.69) is 167 Å². The summed E-state index contributed by atoms with van der Waals surface area (Å²) in [4.78, 5) is 0.770. The monoisotopic (exact) mass is 797 g/mol. The molecule has 0 bridgehead atoms. The summed E-state index contributed by atoms with van der Waals surface area (Å²) in [7, 11) is -6.70. The van der Waals surface area contributed by atoms with Crippen molar-refractivity contribution in [1.29, 1.82) is 0 Å². The van der Waals surface area contributed by atoms with Gasteiger partial charge >= 0.3 is 0 Å². The van der Waals surface area contributed by atoms with Gasteiger partial charge < -0.3 is 8.85 Å². The number of hydrogen-bond acceptors (Lipinski definition) is 4. The van der Waals surface area contributed by atoms with Crippen molar-refractivity contribution < 1.29 is 13.1 Å². The first-order valence-electron chi connectivity index (χ1n) is 20.3. The van der Waals surface area contributed by atoms with Crippen molar-refractivity contribution in [2.45, 2.75) is 81.9 Å². The number of benzene rings is 5. The Morgan fingerprint density at radius 1 is 0.625 bits per heavy atom. The van der Waals surface area contributed by atoms with Crippen LogP contribution in [0.4, 0.5) is 0 Å². The van der Waals surface area contributed by atoms with Crippen LogP contribution in [0.25, 0.3) is 0 Å². The van der Waals surface area contributed by atoms with Crippen LogP contribution in [0.5, 0.6) is 0 Å². The highest BCUT2D eigenvalue weighted by Gasteiger charge is 2.57. The maximum atomic E-state index is 14.4. The summed E-state index contributed by atoms with van der Waals surface area (Å²) in [5, 5.41) is 6.90. The second-order valence-corrected chi connectivity index (χ2v) is 28.6. The molecule has 0 saturated heterocycles. The standard InChI is InChI=1S/C49H59NO3SSi2/c1-48(2,3)55(41-25-15-9-16-26-41,42-27-17-10-18-28-42)52-36-46-45-34-38(37-54(51,50-7)40-23-13-8-14-24-40)33-39(45)35-47(46)53-56(49(4,5)6,43-29-19-11-20-30-43)44-31-21-12-22-32-44/h8-32,37,39,45-47H,33-36H2,1-7H3/b38-37+/t39-,45-,46+,47+,54+/m0/s1. The minimum Gasteiger partial charge on any atom is -0.407 e. The lowest BCUT2D eigenvalue weighted by Gasteiger charge is -2.47. The predicted molar refractivity (Wildman–Crippen MR) is 240 cm³/mol. The first-order valence-corrected chi connectivity index (χ1v) is 25.7. The van der Waals surface area contributed by atoms with Gasteiger partial charge in [0.05, 0.1) is 20.7 Å². The lowest BCUT2D eigenvalue weighted by molar-refractivity contribution is 0.0877. The zero-order chi connectivity index (χ0) is 39.6. The molecular formula is C49H59NO3SSi2. The van der Waals surface area contributed by atoms with Gasteiger partial charge in [-0.25, -0.2) is 8.57 Å². The fourth-order valence-electron chi connectivity index (χ4n) is 9.98. The Kier molecular flexibility index (Phi) is 11.7. The molecule has 2 aliphatic rings. The molecule has 56 heavy (non-hydrogen) atoms. The topological polar surface area (TPSA) is 47.9 Å². The van der Waals surface area contributed by atoms with Gasteiger partial charge in [0.15, 0.2) is 0 Å². The Morgan fingerprint density at radius 3 is 1.45 bits per heavy atom. The maximum absolute atomic E-state index is 14.4. The number of nitrogens with zero attached hydrogens (tertiary/aromatic N) is 1. The molecule has 2 saturated carbocycles. The highest BCUT2D eigenvalue weighted by atomic mass is 32.2. The van der Waals surface area contributed by atoms with Crippen molar-refractivity contribution in [2.75, 3.05) is 13.7 Å². The van der Waals surface area contributed by atoms with Crippen LogP contribution in [-0.4, -0.2) is 40.6 Å². The lowest BCUT2D eigenvalue weighted by Crippen LogP contribution is -2.68. The highest BCUT2D eigenvalue weighted by molar-refractivity contribution is 7.96. The van der Waals surface area contributed by atoms with E-state index in [-0.39, 0.29) is 22.1 Å². The molecule has 292 valence electrons. The zero-order valence-corrected chi connectivity index (χ0v) is 37.0. The molecule has 0 radical (unpaired) electrons. The second kappa shape index (κ2) is 16.2. The lowest BCUT2D eigenvalue weighted by atomic mass is 9.92. The van der Waals surface area contributed by atoms with Crippen molar-refractivity contribution >= 4 is 47.1 Å². The van der Waals surface area contributed by atoms with Crippen molar-refractivity contribution in [1.82, 2.24) is 0 Å². The molecule has 0 unspecified atom stereocenters. The molecule has 2 fully saturated rings. The van der Waals surface area contributed by atoms with Gasteiger partial charge in [-0.1, -0.05) is 187 Å². The van der Waals surface area contributed by atoms with E-state index in [1.54, 1.807) is 7.05 Å². The minimum absolute atomic E-state index is 0.00888. The van der Waals surface area contributed by atoms with Crippen molar-refractivity contribution in [3.05, 3.63) is 163 Å². The van der Waals surface area contributed by atoms with Gasteiger partial charge in [-0.05, 0) is 74.1 Å². The molecule has 0 aromatic heterocycles. The number of rotatable bonds is 11. The Labute approximate surface area is 338 Å². The molecular weight excluding hydrogens is 739 g/mol. The Balaban J connectivity index is 1.34. The molecule has 7 rings (SSSR count). The molecule has 0 spiro atoms. The van der Waals surface area contributed by atoms with Crippen LogP contribution in [0.1, 0.15) is 60.8 Å². The highest BCUT2D eigenvalue weighted by Crippen LogP contribution is 2.53. The average Bonchev–Trinajstić information content (AvgIpc) is 3.74. The molecule has 5 atom stereocenters. The van der Waals surface area contributed by atoms with E-state index >= 15 is 0 Å². The van der Waals surface area contributed by atoms with Crippen LogP contribution in [0.2, 0.25) is 10.1 Å². The zero-order valence-electron chi connectivity index (χ0n) is 34.2. The molecule has 0 amide bonds. The summed E-state index contributed by atoms with van der Waals surface area (Å²) >= 11 is 0. The third-order valence-corrected chi connectivity index (χ3v) is 24.7. The first kappa shape index (κ1) is 40.3. The van der Waals surface area contributed by atoms with Gasteiger partial charge in [0, 0.05) is 25.0 Å². The summed E-state index contributed by atoms with van der Waals surface area (Å²) in [6, 6.07) is 53.8. The molecule has 2 aliphatic carbocycles. The minimum atomic E-state index is -2.87. The molecule has 7 heteroatoms. The van der Waals surface area contributed by atoms with E-state index in [0.29, 0.717) is 18.4 Å². The summed E-state index contributed by atoms with van der Waals surface area (Å²) in [5.74, 6) is 0.869. The predicted octanol–water partition coefficient (Wildman–Crippen LogP) is 9.60. The van der Waals surface area contributed by atoms with E-state index in [0.717, 1.165) is 24.2 Å². The fourth-order valence-corrected chi connectivity index (χ4v) is 21.0. The summed E-state index contributed by atoms with van der Waals surface area (Å²) in [6.45, 7) is 14.8. The number of fused-ring (bicyclic) bond motifs is 1. The molecule has 5 aromatic carbocycles. The SMILES string of the molecule is CN=[S@@](=O)(/C=C1\C[C@H]2C[C@@H](O[Si](c3ccccc3)(c3ccccc3)C(C)(C)C)[C@H](CO[Si](c3ccccc3)(c3ccccc3)C(C)(C)C)[C@H]2C1)c1ccccc1. The van der Waals surface area contributed by atoms with Crippen LogP contribution >= 0.6 is 0 Å². The van der Waals surface area contributed by atoms with Gasteiger partial charge in [-0.2, -0.15) is 0 Å². The normalized spacial score (nSPS) is 22.1. The fraction of sp³-hybridized carbons (Fsp3) is 0.347. The number of allylic oxidation sites excluding steroid dienone is 1. The van der Waals surface area contributed by atoms with Crippen molar-refractivity contribution in [2.24, 2.45) is 22.1 Å². The Morgan fingerprint density at radius 2 is 1.04 bits per heavy atom. The van der Waals surface area contributed by atoms with Gasteiger partial charge in [-0.3, -0.25) is 0 Å². The number of hydrogen-bond donors (Lipinski definition) is 0. The summed E-state index contributed by atoms with van der Waals surface area (Å²) in [5.41, 5.74) is 1.25. The van der Waals surface area contributed by atoms with Crippen LogP contribution < -0.4 is 20.7 Å². The molecule has 5 aromatic rings. The molecule has 0 aliphatic heterocycles. The summed E-state index contributed by atoms with van der Waals surface area (Å²) in [6.07, 6.45) is 2.71. The third kappa shape index (κ3) is 7.49. The van der Waals surface area contributed by atoms with Crippen LogP contribution in [0.3, 0.4) is 0 Å². The second-order valence-electron chi connectivity index (χ2n) is 17.9. The van der Waals surface area contributed by atoms with E-state index < -0.39 is 26.4 Å². The van der Waals surface area contributed by atoms with E-state index in [1.807, 2.05) is 35.7 Å². The van der Waals surface area contributed by atoms with Gasteiger partial charge in [0.1, 0.15) is 0 Å². The van der Waals surface area contributed by atoms with Crippen LogP contribution in [-0.2, 0) is 18.6 Å². The first-order chi connectivity index (χ1) is 26.8. The quantitative estimate of drug-likeness (QED) is 0.125. The van der Waals surface area contributed by atoms with Crippen LogP contribution in [0, 0.1) is 17.8 Å². The Hall–Kier alpha value is -3.86. The summed E-state index contributed by atoms with van der Waals surface area (Å²) < 4.78 is 34.7. The molecule has 4 nitrogen and oxygen atoms in total. The average molecular weight is 798 g/mol. The molecule has 0 N–H and O–H groups in total. The largest absolute Gasteiger partial charge is 0.407 e. The van der Waals surface area contributed by atoms with Gasteiger partial charge in [0.25, 0.3) is 16.6 Å². The maximum Gasteiger partial charge on any atom is 0.261 e. The van der Waals surface area contributed by atoms with Gasteiger partial charge in [-0.15, -0.1) is 0 Å². The van der Waals surface area contributed by atoms with Crippen molar-refractivity contribution in [3.63, 3.8) is 0 Å². The van der Waals surface area contributed by atoms with Crippen molar-refractivity contribution in [3.8, 4) is 0 Å². The van der Waals surface area contributed by atoms with E-state index in [4.69, 9.17) is 8.85 Å². The van der Waals surface area contributed by atoms with Gasteiger partial charge in [0.2, 0.25) is 0 Å². The third-order valence-electron chi connectivity index (χ3n) is 12.5. The van der Waals surface area contributed by atoms with Crippen LogP contribution in [0.15, 0.2) is 172 Å². The van der Waals surface area contributed by atoms with E-state index in [9.17, 15) is 4.21 Å². The smallest absolute Gasteiger partial charge is 0.261 e.